The van der Waals surface area contributed by atoms with Crippen molar-refractivity contribution in [1.29, 1.82) is 0 Å². The molecule has 3 atom stereocenters. The predicted molar refractivity (Wildman–Crippen MR) is 91.1 cm³/mol. The molecule has 4 heteroatoms. The summed E-state index contributed by atoms with van der Waals surface area (Å²) in [5, 5.41) is 0. The standard InChI is InChI=1S/C19H26N2O2/c1-12-6-4-8-15(10-12)19-21-17(13(2)23-19)18(22-3)14-7-5-9-16(20)11-14/h4,6,8,10,14,16,18H,5,7,9,11,20H2,1-3H3. The SMILES string of the molecule is COC(c1nc(-c2cccc(C)c2)oc1C)C1CCCC(N)C1. The van der Waals surface area contributed by atoms with Crippen LogP contribution in [0.1, 0.15) is 48.8 Å². The lowest BCUT2D eigenvalue weighted by atomic mass is 9.81. The minimum absolute atomic E-state index is 0.0383. The maximum Gasteiger partial charge on any atom is 0.226 e. The molecule has 2 aromatic rings. The molecule has 2 N–H and O–H groups in total. The van der Waals surface area contributed by atoms with Crippen LogP contribution >= 0.6 is 0 Å². The van der Waals surface area contributed by atoms with E-state index in [-0.39, 0.29) is 12.1 Å². The third kappa shape index (κ3) is 3.48. The highest BCUT2D eigenvalue weighted by Crippen LogP contribution is 2.38. The minimum Gasteiger partial charge on any atom is -0.441 e. The minimum atomic E-state index is -0.0383. The Morgan fingerprint density at radius 1 is 1.30 bits per heavy atom. The van der Waals surface area contributed by atoms with Gasteiger partial charge in [-0.3, -0.25) is 0 Å². The molecule has 0 saturated heterocycles. The number of benzene rings is 1. The lowest BCUT2D eigenvalue weighted by Crippen LogP contribution is -2.31. The molecule has 3 unspecified atom stereocenters. The largest absolute Gasteiger partial charge is 0.441 e. The molecule has 0 bridgehead atoms. The molecule has 0 radical (unpaired) electrons. The summed E-state index contributed by atoms with van der Waals surface area (Å²) in [6, 6.07) is 8.49. The summed E-state index contributed by atoms with van der Waals surface area (Å²) in [5.41, 5.74) is 9.27. The second-order valence-electron chi connectivity index (χ2n) is 6.67. The van der Waals surface area contributed by atoms with Crippen LogP contribution in [0, 0.1) is 19.8 Å². The molecule has 1 aromatic carbocycles. The van der Waals surface area contributed by atoms with E-state index in [1.807, 2.05) is 19.1 Å². The summed E-state index contributed by atoms with van der Waals surface area (Å²) in [6.07, 6.45) is 4.36. The zero-order valence-electron chi connectivity index (χ0n) is 14.2. The molecule has 4 nitrogen and oxygen atoms in total. The van der Waals surface area contributed by atoms with Gasteiger partial charge in [0.25, 0.3) is 0 Å². The van der Waals surface area contributed by atoms with Crippen molar-refractivity contribution in [3.8, 4) is 11.5 Å². The predicted octanol–water partition coefficient (Wildman–Crippen LogP) is 4.16. The highest BCUT2D eigenvalue weighted by Gasteiger charge is 2.31. The van der Waals surface area contributed by atoms with Crippen molar-refractivity contribution >= 4 is 0 Å². The number of hydrogen-bond donors (Lipinski definition) is 1. The van der Waals surface area contributed by atoms with E-state index in [0.717, 1.165) is 42.7 Å². The van der Waals surface area contributed by atoms with E-state index in [2.05, 4.69) is 19.1 Å². The second-order valence-corrected chi connectivity index (χ2v) is 6.67. The Kier molecular flexibility index (Phi) is 4.83. The van der Waals surface area contributed by atoms with Gasteiger partial charge in [-0.05, 0) is 51.2 Å². The van der Waals surface area contributed by atoms with Gasteiger partial charge in [-0.15, -0.1) is 0 Å². The van der Waals surface area contributed by atoms with Gasteiger partial charge < -0.3 is 14.9 Å². The average molecular weight is 314 g/mol. The van der Waals surface area contributed by atoms with Crippen molar-refractivity contribution in [3.63, 3.8) is 0 Å². The summed E-state index contributed by atoms with van der Waals surface area (Å²) in [5.74, 6) is 1.92. The number of methoxy groups -OCH3 is 1. The number of aryl methyl sites for hydroxylation is 2. The van der Waals surface area contributed by atoms with Gasteiger partial charge in [0, 0.05) is 18.7 Å². The first kappa shape index (κ1) is 16.2. The number of nitrogens with two attached hydrogens (primary N) is 1. The monoisotopic (exact) mass is 314 g/mol. The van der Waals surface area contributed by atoms with E-state index in [9.17, 15) is 0 Å². The van der Waals surface area contributed by atoms with Gasteiger partial charge in [-0.1, -0.05) is 24.1 Å². The van der Waals surface area contributed by atoms with Crippen molar-refractivity contribution in [2.75, 3.05) is 7.11 Å². The zero-order valence-corrected chi connectivity index (χ0v) is 14.2. The molecule has 1 heterocycles. The number of hydrogen-bond acceptors (Lipinski definition) is 4. The molecular formula is C19H26N2O2. The van der Waals surface area contributed by atoms with Crippen molar-refractivity contribution in [3.05, 3.63) is 41.3 Å². The number of nitrogens with zero attached hydrogens (tertiary/aromatic N) is 1. The molecular weight excluding hydrogens is 288 g/mol. The van der Waals surface area contributed by atoms with Crippen LogP contribution < -0.4 is 5.73 Å². The van der Waals surface area contributed by atoms with Crippen LogP contribution in [-0.2, 0) is 4.74 Å². The summed E-state index contributed by atoms with van der Waals surface area (Å²) in [7, 11) is 1.76. The maximum atomic E-state index is 6.15. The van der Waals surface area contributed by atoms with E-state index in [1.54, 1.807) is 7.11 Å². The number of rotatable bonds is 4. The van der Waals surface area contributed by atoms with E-state index >= 15 is 0 Å². The zero-order chi connectivity index (χ0) is 16.4. The smallest absolute Gasteiger partial charge is 0.226 e. The van der Waals surface area contributed by atoms with E-state index < -0.39 is 0 Å². The third-order valence-electron chi connectivity index (χ3n) is 4.80. The topological polar surface area (TPSA) is 61.3 Å². The molecule has 1 aromatic heterocycles. The number of ether oxygens (including phenoxy) is 1. The Morgan fingerprint density at radius 3 is 2.83 bits per heavy atom. The Bertz CT molecular complexity index is 665. The quantitative estimate of drug-likeness (QED) is 0.920. The molecule has 1 fully saturated rings. The number of oxazole rings is 1. The van der Waals surface area contributed by atoms with Gasteiger partial charge in [0.1, 0.15) is 17.6 Å². The fourth-order valence-corrected chi connectivity index (χ4v) is 3.64. The van der Waals surface area contributed by atoms with Crippen LogP contribution in [0.5, 0.6) is 0 Å². The van der Waals surface area contributed by atoms with E-state index in [4.69, 9.17) is 19.9 Å². The summed E-state index contributed by atoms with van der Waals surface area (Å²) >= 11 is 0. The van der Waals surface area contributed by atoms with Crippen LogP contribution in [0.2, 0.25) is 0 Å². The molecule has 124 valence electrons. The van der Waals surface area contributed by atoms with E-state index in [0.29, 0.717) is 11.8 Å². The van der Waals surface area contributed by atoms with Crippen molar-refractivity contribution < 1.29 is 9.15 Å². The average Bonchev–Trinajstić information content (AvgIpc) is 2.90. The Hall–Kier alpha value is -1.65. The lowest BCUT2D eigenvalue weighted by Gasteiger charge is -2.31. The van der Waals surface area contributed by atoms with Gasteiger partial charge in [-0.25, -0.2) is 4.98 Å². The van der Waals surface area contributed by atoms with Crippen LogP contribution in [-0.4, -0.2) is 18.1 Å². The molecule has 1 saturated carbocycles. The van der Waals surface area contributed by atoms with E-state index in [1.165, 1.54) is 5.56 Å². The van der Waals surface area contributed by atoms with Gasteiger partial charge in [0.15, 0.2) is 0 Å². The highest BCUT2D eigenvalue weighted by molar-refractivity contribution is 5.55. The normalized spacial score (nSPS) is 23.0. The van der Waals surface area contributed by atoms with Crippen molar-refractivity contribution in [2.45, 2.75) is 51.7 Å². The fourth-order valence-electron chi connectivity index (χ4n) is 3.64. The van der Waals surface area contributed by atoms with Crippen LogP contribution in [0.3, 0.4) is 0 Å². The Balaban J connectivity index is 1.89. The van der Waals surface area contributed by atoms with Gasteiger partial charge >= 0.3 is 0 Å². The van der Waals surface area contributed by atoms with Gasteiger partial charge in [0.2, 0.25) is 5.89 Å². The van der Waals surface area contributed by atoms with Crippen LogP contribution in [0.15, 0.2) is 28.7 Å². The summed E-state index contributed by atoms with van der Waals surface area (Å²) in [4.78, 5) is 4.76. The molecule has 1 aliphatic rings. The highest BCUT2D eigenvalue weighted by atomic mass is 16.5. The fraction of sp³-hybridized carbons (Fsp3) is 0.526. The molecule has 0 spiro atoms. The molecule has 1 aliphatic carbocycles. The summed E-state index contributed by atoms with van der Waals surface area (Å²) in [6.45, 7) is 4.04. The third-order valence-corrected chi connectivity index (χ3v) is 4.80. The molecule has 23 heavy (non-hydrogen) atoms. The van der Waals surface area contributed by atoms with Gasteiger partial charge in [0.05, 0.1) is 0 Å². The maximum absolute atomic E-state index is 6.15. The molecule has 0 aliphatic heterocycles. The Labute approximate surface area is 138 Å². The van der Waals surface area contributed by atoms with Crippen molar-refractivity contribution in [2.24, 2.45) is 11.7 Å². The van der Waals surface area contributed by atoms with Crippen LogP contribution in [0.25, 0.3) is 11.5 Å². The first-order chi connectivity index (χ1) is 11.1. The summed E-state index contributed by atoms with van der Waals surface area (Å²) < 4.78 is 11.7. The lowest BCUT2D eigenvalue weighted by molar-refractivity contribution is 0.0284. The first-order valence-corrected chi connectivity index (χ1v) is 8.41. The first-order valence-electron chi connectivity index (χ1n) is 8.41. The Morgan fingerprint density at radius 2 is 2.13 bits per heavy atom. The number of aromatic nitrogens is 1. The van der Waals surface area contributed by atoms with Crippen LogP contribution in [0.4, 0.5) is 0 Å². The molecule has 3 rings (SSSR count). The second kappa shape index (κ2) is 6.85. The van der Waals surface area contributed by atoms with Crippen molar-refractivity contribution in [1.82, 2.24) is 4.98 Å². The van der Waals surface area contributed by atoms with Gasteiger partial charge in [-0.2, -0.15) is 0 Å². The molecule has 0 amide bonds.